The molecule has 114 valence electrons. The van der Waals surface area contributed by atoms with Crippen molar-refractivity contribution in [2.24, 2.45) is 5.73 Å². The molecule has 1 aliphatic heterocycles. The number of carbonyl (C=O) groups is 3. The van der Waals surface area contributed by atoms with Gasteiger partial charge in [-0.15, -0.1) is 0 Å². The van der Waals surface area contributed by atoms with E-state index in [-0.39, 0.29) is 6.04 Å². The molecule has 1 fully saturated rings. The Labute approximate surface area is 117 Å². The summed E-state index contributed by atoms with van der Waals surface area (Å²) in [6.07, 6.45) is 1.43. The molecule has 2 atom stereocenters. The third-order valence-electron chi connectivity index (χ3n) is 3.30. The van der Waals surface area contributed by atoms with Crippen molar-refractivity contribution in [3.05, 3.63) is 0 Å². The Bertz CT molecular complexity index is 374. The first-order valence-electron chi connectivity index (χ1n) is 6.72. The van der Waals surface area contributed by atoms with Crippen LogP contribution in [0, 0.1) is 0 Å². The molecule has 1 rings (SSSR count). The average Bonchev–Trinajstić information content (AvgIpc) is 2.37. The van der Waals surface area contributed by atoms with E-state index in [4.69, 9.17) is 10.8 Å². The van der Waals surface area contributed by atoms with Crippen LogP contribution in [-0.4, -0.2) is 59.6 Å². The fraction of sp³-hybridized carbons (Fsp3) is 0.750. The summed E-state index contributed by atoms with van der Waals surface area (Å²) in [7, 11) is 0. The number of likely N-dealkylation sites (tertiary alicyclic amines) is 1. The summed E-state index contributed by atoms with van der Waals surface area (Å²) in [6.45, 7) is 4.72. The molecule has 5 N–H and O–H groups in total. The van der Waals surface area contributed by atoms with E-state index in [1.807, 2.05) is 0 Å². The van der Waals surface area contributed by atoms with Crippen molar-refractivity contribution in [1.29, 1.82) is 0 Å². The molecule has 0 bridgehead atoms. The van der Waals surface area contributed by atoms with Gasteiger partial charge in [0.1, 0.15) is 6.04 Å². The van der Waals surface area contributed by atoms with Crippen molar-refractivity contribution in [2.75, 3.05) is 19.6 Å². The van der Waals surface area contributed by atoms with Crippen LogP contribution in [0.2, 0.25) is 0 Å². The molecule has 20 heavy (non-hydrogen) atoms. The number of likely N-dealkylation sites (N-methyl/N-ethyl adjacent to an activating group) is 1. The number of amides is 3. The zero-order valence-corrected chi connectivity index (χ0v) is 11.6. The lowest BCUT2D eigenvalue weighted by Gasteiger charge is -2.32. The van der Waals surface area contributed by atoms with E-state index >= 15 is 0 Å². The maximum atomic E-state index is 11.7. The Morgan fingerprint density at radius 1 is 1.45 bits per heavy atom. The van der Waals surface area contributed by atoms with Gasteiger partial charge in [0, 0.05) is 12.6 Å². The zero-order valence-electron chi connectivity index (χ0n) is 11.6. The molecule has 0 aromatic rings. The molecule has 8 heteroatoms. The number of carboxylic acids is 1. The van der Waals surface area contributed by atoms with E-state index in [2.05, 4.69) is 22.5 Å². The van der Waals surface area contributed by atoms with Crippen molar-refractivity contribution < 1.29 is 19.5 Å². The van der Waals surface area contributed by atoms with E-state index in [0.29, 0.717) is 0 Å². The zero-order chi connectivity index (χ0) is 15.1. The van der Waals surface area contributed by atoms with Crippen LogP contribution in [-0.2, 0) is 9.59 Å². The second kappa shape index (κ2) is 7.68. The van der Waals surface area contributed by atoms with E-state index in [9.17, 15) is 14.4 Å². The second-order valence-corrected chi connectivity index (χ2v) is 4.91. The number of urea groups is 1. The third kappa shape index (κ3) is 5.43. The van der Waals surface area contributed by atoms with Crippen LogP contribution in [0.5, 0.6) is 0 Å². The number of carboxylic acid groups (broad SMARTS) is 1. The van der Waals surface area contributed by atoms with Gasteiger partial charge >= 0.3 is 12.0 Å². The van der Waals surface area contributed by atoms with Gasteiger partial charge in [0.2, 0.25) is 5.91 Å². The molecular formula is C12H22N4O4. The highest BCUT2D eigenvalue weighted by Crippen LogP contribution is 2.09. The Balaban J connectivity index is 2.44. The van der Waals surface area contributed by atoms with Crippen LogP contribution in [0.3, 0.4) is 0 Å². The summed E-state index contributed by atoms with van der Waals surface area (Å²) in [5.74, 6) is -2.05. The standard InChI is InChI=1S/C12H22N4O4/c1-2-16-5-3-4-8(7-16)14-12(20)15-9(11(18)19)6-10(13)17/h8-9H,2-7H2,1H3,(H2,13,17)(H,18,19)(H2,14,15,20). The lowest BCUT2D eigenvalue weighted by atomic mass is 10.1. The Kier molecular flexibility index (Phi) is 6.23. The lowest BCUT2D eigenvalue weighted by molar-refractivity contribution is -0.140. The topological polar surface area (TPSA) is 125 Å². The number of nitrogens with zero attached hydrogens (tertiary/aromatic N) is 1. The first-order valence-corrected chi connectivity index (χ1v) is 6.72. The largest absolute Gasteiger partial charge is 0.480 e. The van der Waals surface area contributed by atoms with Gasteiger partial charge in [-0.25, -0.2) is 9.59 Å². The molecule has 2 unspecified atom stereocenters. The molecule has 1 heterocycles. The van der Waals surface area contributed by atoms with Crippen molar-refractivity contribution in [2.45, 2.75) is 38.3 Å². The number of primary amides is 1. The van der Waals surface area contributed by atoms with Crippen LogP contribution < -0.4 is 16.4 Å². The second-order valence-electron chi connectivity index (χ2n) is 4.91. The molecule has 3 amide bonds. The monoisotopic (exact) mass is 286 g/mol. The fourth-order valence-electron chi connectivity index (χ4n) is 2.25. The Morgan fingerprint density at radius 3 is 2.70 bits per heavy atom. The molecular weight excluding hydrogens is 264 g/mol. The van der Waals surface area contributed by atoms with E-state index < -0.39 is 30.4 Å². The Hall–Kier alpha value is -1.83. The van der Waals surface area contributed by atoms with Crippen molar-refractivity contribution in [3.63, 3.8) is 0 Å². The molecule has 1 aliphatic rings. The van der Waals surface area contributed by atoms with Crippen LogP contribution in [0.25, 0.3) is 0 Å². The maximum Gasteiger partial charge on any atom is 0.326 e. The Morgan fingerprint density at radius 2 is 2.15 bits per heavy atom. The van der Waals surface area contributed by atoms with Gasteiger partial charge in [-0.3, -0.25) is 4.79 Å². The number of rotatable bonds is 6. The first kappa shape index (κ1) is 16.2. The van der Waals surface area contributed by atoms with Crippen LogP contribution in [0.1, 0.15) is 26.2 Å². The van der Waals surface area contributed by atoms with Gasteiger partial charge in [-0.05, 0) is 25.9 Å². The molecule has 1 saturated heterocycles. The van der Waals surface area contributed by atoms with Crippen LogP contribution in [0.4, 0.5) is 4.79 Å². The number of nitrogens with one attached hydrogen (secondary N) is 2. The van der Waals surface area contributed by atoms with Gasteiger partial charge in [0.05, 0.1) is 6.42 Å². The predicted octanol–water partition coefficient (Wildman–Crippen LogP) is -0.901. The van der Waals surface area contributed by atoms with Gasteiger partial charge in [-0.1, -0.05) is 6.92 Å². The minimum Gasteiger partial charge on any atom is -0.480 e. The highest BCUT2D eigenvalue weighted by Gasteiger charge is 2.25. The number of nitrogens with two attached hydrogens (primary N) is 1. The van der Waals surface area contributed by atoms with Crippen molar-refractivity contribution >= 4 is 17.9 Å². The molecule has 0 spiro atoms. The van der Waals surface area contributed by atoms with Gasteiger partial charge in [0.25, 0.3) is 0 Å². The summed E-state index contributed by atoms with van der Waals surface area (Å²) in [4.78, 5) is 35.6. The summed E-state index contributed by atoms with van der Waals surface area (Å²) in [5, 5.41) is 13.9. The van der Waals surface area contributed by atoms with Gasteiger partial charge < -0.3 is 26.4 Å². The molecule has 0 aromatic heterocycles. The maximum absolute atomic E-state index is 11.7. The van der Waals surface area contributed by atoms with E-state index in [0.717, 1.165) is 32.5 Å². The summed E-state index contributed by atoms with van der Waals surface area (Å²) >= 11 is 0. The van der Waals surface area contributed by atoms with E-state index in [1.165, 1.54) is 0 Å². The van der Waals surface area contributed by atoms with Gasteiger partial charge in [0.15, 0.2) is 0 Å². The summed E-state index contributed by atoms with van der Waals surface area (Å²) in [6, 6.07) is -1.88. The molecule has 8 nitrogen and oxygen atoms in total. The smallest absolute Gasteiger partial charge is 0.326 e. The molecule has 0 radical (unpaired) electrons. The van der Waals surface area contributed by atoms with E-state index in [1.54, 1.807) is 0 Å². The molecule has 0 aliphatic carbocycles. The first-order chi connectivity index (χ1) is 9.42. The molecule has 0 aromatic carbocycles. The predicted molar refractivity (Wildman–Crippen MR) is 72.0 cm³/mol. The molecule has 0 saturated carbocycles. The number of carbonyl (C=O) groups excluding carboxylic acids is 2. The summed E-state index contributed by atoms with van der Waals surface area (Å²) < 4.78 is 0. The van der Waals surface area contributed by atoms with Crippen molar-refractivity contribution in [3.8, 4) is 0 Å². The number of hydrogen-bond donors (Lipinski definition) is 4. The normalized spacial score (nSPS) is 20.9. The highest BCUT2D eigenvalue weighted by molar-refractivity contribution is 5.87. The minimum absolute atomic E-state index is 0.00766. The number of hydrogen-bond acceptors (Lipinski definition) is 4. The fourth-order valence-corrected chi connectivity index (χ4v) is 2.25. The lowest BCUT2D eigenvalue weighted by Crippen LogP contribution is -2.54. The average molecular weight is 286 g/mol. The third-order valence-corrected chi connectivity index (χ3v) is 3.30. The summed E-state index contributed by atoms with van der Waals surface area (Å²) in [5.41, 5.74) is 4.95. The highest BCUT2D eigenvalue weighted by atomic mass is 16.4. The number of aliphatic carboxylic acids is 1. The van der Waals surface area contributed by atoms with Crippen molar-refractivity contribution in [1.82, 2.24) is 15.5 Å². The number of piperidine rings is 1. The van der Waals surface area contributed by atoms with Crippen LogP contribution >= 0.6 is 0 Å². The quantitative estimate of drug-likeness (QED) is 0.503. The van der Waals surface area contributed by atoms with Gasteiger partial charge in [-0.2, -0.15) is 0 Å². The SMILES string of the molecule is CCN1CCCC(NC(=O)NC(CC(N)=O)C(=O)O)C1. The minimum atomic E-state index is -1.29. The van der Waals surface area contributed by atoms with Crippen LogP contribution in [0.15, 0.2) is 0 Å².